The molecule has 0 aromatic heterocycles. The maximum atomic E-state index is 11.7. The highest BCUT2D eigenvalue weighted by molar-refractivity contribution is 5.88. The minimum atomic E-state index is -0.804. The van der Waals surface area contributed by atoms with Crippen molar-refractivity contribution in [3.05, 3.63) is 0 Å². The summed E-state index contributed by atoms with van der Waals surface area (Å²) in [5, 5.41) is 11.2. The zero-order chi connectivity index (χ0) is 12.8. The van der Waals surface area contributed by atoms with Crippen molar-refractivity contribution in [3.63, 3.8) is 0 Å². The summed E-state index contributed by atoms with van der Waals surface area (Å²) in [7, 11) is 0. The van der Waals surface area contributed by atoms with E-state index in [2.05, 4.69) is 5.32 Å². The fraction of sp³-hybridized carbons (Fsp3) is 0.727. The van der Waals surface area contributed by atoms with Gasteiger partial charge in [-0.1, -0.05) is 0 Å². The predicted octanol–water partition coefficient (Wildman–Crippen LogP) is -0.315. The molecule has 2 amide bonds. The summed E-state index contributed by atoms with van der Waals surface area (Å²) < 4.78 is 5.20. The standard InChI is InChI=1S/C11H17N3O3/c1-7(6-12)5-8(10(13)15)14-11(16)9-3-2-4-17-9/h7-9H,2-5H2,1H3,(H2,13,15)(H,14,16)/t7-,8+,9+/m1/s1. The SMILES string of the molecule is C[C@@H](C#N)C[C@H](NC(=O)[C@@H]1CCCO1)C(N)=O. The summed E-state index contributed by atoms with van der Waals surface area (Å²) in [5.41, 5.74) is 5.18. The molecule has 3 N–H and O–H groups in total. The minimum absolute atomic E-state index is 0.226. The van der Waals surface area contributed by atoms with Crippen LogP contribution < -0.4 is 11.1 Å². The van der Waals surface area contributed by atoms with Crippen LogP contribution >= 0.6 is 0 Å². The van der Waals surface area contributed by atoms with Gasteiger partial charge in [0.15, 0.2) is 0 Å². The maximum Gasteiger partial charge on any atom is 0.249 e. The van der Waals surface area contributed by atoms with Crippen molar-refractivity contribution >= 4 is 11.8 Å². The van der Waals surface area contributed by atoms with Crippen LogP contribution in [0.1, 0.15) is 26.2 Å². The maximum absolute atomic E-state index is 11.7. The first-order chi connectivity index (χ1) is 8.04. The molecule has 0 aliphatic carbocycles. The monoisotopic (exact) mass is 239 g/mol. The second-order valence-corrected chi connectivity index (χ2v) is 4.23. The van der Waals surface area contributed by atoms with Crippen LogP contribution in [-0.4, -0.2) is 30.6 Å². The molecule has 0 saturated carbocycles. The Bertz CT molecular complexity index is 331. The number of nitrogens with zero attached hydrogens (tertiary/aromatic N) is 1. The second kappa shape index (κ2) is 6.21. The van der Waals surface area contributed by atoms with Crippen LogP contribution in [0.25, 0.3) is 0 Å². The van der Waals surface area contributed by atoms with Crippen molar-refractivity contribution in [3.8, 4) is 6.07 Å². The largest absolute Gasteiger partial charge is 0.368 e. The lowest BCUT2D eigenvalue weighted by molar-refractivity contribution is -0.134. The van der Waals surface area contributed by atoms with Gasteiger partial charge >= 0.3 is 0 Å². The van der Waals surface area contributed by atoms with Crippen molar-refractivity contribution in [2.24, 2.45) is 11.7 Å². The first-order valence-corrected chi connectivity index (χ1v) is 5.65. The van der Waals surface area contributed by atoms with E-state index in [-0.39, 0.29) is 18.2 Å². The van der Waals surface area contributed by atoms with Gasteiger partial charge in [-0.15, -0.1) is 0 Å². The van der Waals surface area contributed by atoms with Crippen molar-refractivity contribution in [2.75, 3.05) is 6.61 Å². The topological polar surface area (TPSA) is 105 Å². The van der Waals surface area contributed by atoms with Gasteiger partial charge in [-0.25, -0.2) is 0 Å². The van der Waals surface area contributed by atoms with Crippen LogP contribution in [0.15, 0.2) is 0 Å². The van der Waals surface area contributed by atoms with Gasteiger partial charge < -0.3 is 15.8 Å². The number of primary amides is 1. The summed E-state index contributed by atoms with van der Waals surface area (Å²) in [6.45, 7) is 2.24. The molecule has 1 aliphatic rings. The molecule has 6 nitrogen and oxygen atoms in total. The molecule has 3 atom stereocenters. The number of amides is 2. The fourth-order valence-electron chi connectivity index (χ4n) is 1.70. The molecule has 0 unspecified atom stereocenters. The van der Waals surface area contributed by atoms with E-state index >= 15 is 0 Å². The minimum Gasteiger partial charge on any atom is -0.368 e. The number of nitrogens with one attached hydrogen (secondary N) is 1. The number of nitrogens with two attached hydrogens (primary N) is 1. The Hall–Kier alpha value is -1.61. The molecule has 0 spiro atoms. The van der Waals surface area contributed by atoms with Crippen LogP contribution in [0.4, 0.5) is 0 Å². The molecule has 1 saturated heterocycles. The van der Waals surface area contributed by atoms with Gasteiger partial charge in [-0.2, -0.15) is 5.26 Å². The summed E-state index contributed by atoms with van der Waals surface area (Å²) in [4.78, 5) is 22.9. The molecule has 1 rings (SSSR count). The van der Waals surface area contributed by atoms with Crippen LogP contribution in [0.3, 0.4) is 0 Å². The van der Waals surface area contributed by atoms with Gasteiger partial charge in [-0.05, 0) is 26.2 Å². The molecule has 6 heteroatoms. The highest BCUT2D eigenvalue weighted by Crippen LogP contribution is 2.13. The molecule has 0 bridgehead atoms. The Balaban J connectivity index is 2.51. The summed E-state index contributed by atoms with van der Waals surface area (Å²) in [6.07, 6.45) is 1.23. The molecule has 1 fully saturated rings. The third-order valence-electron chi connectivity index (χ3n) is 2.69. The number of ether oxygens (including phenoxy) is 1. The third-order valence-corrected chi connectivity index (χ3v) is 2.69. The number of rotatable bonds is 5. The summed E-state index contributed by atoms with van der Waals surface area (Å²) in [6, 6.07) is 1.20. The van der Waals surface area contributed by atoms with Gasteiger partial charge in [0.25, 0.3) is 0 Å². The van der Waals surface area contributed by atoms with Gasteiger partial charge in [0.2, 0.25) is 11.8 Å². The molecule has 17 heavy (non-hydrogen) atoms. The van der Waals surface area contributed by atoms with E-state index in [4.69, 9.17) is 15.7 Å². The number of nitriles is 1. The Labute approximate surface area is 100 Å². The predicted molar refractivity (Wildman–Crippen MR) is 59.5 cm³/mol. The highest BCUT2D eigenvalue weighted by Gasteiger charge is 2.28. The molecule has 0 aromatic rings. The average Bonchev–Trinajstić information content (AvgIpc) is 2.81. The Morgan fingerprint density at radius 2 is 2.35 bits per heavy atom. The van der Waals surface area contributed by atoms with Crippen LogP contribution in [0.5, 0.6) is 0 Å². The van der Waals surface area contributed by atoms with Crippen molar-refractivity contribution in [1.29, 1.82) is 5.26 Å². The molecule has 0 radical (unpaired) electrons. The van der Waals surface area contributed by atoms with E-state index in [1.807, 2.05) is 6.07 Å². The summed E-state index contributed by atoms with van der Waals surface area (Å²) in [5.74, 6) is -1.29. The van der Waals surface area contributed by atoms with E-state index in [1.165, 1.54) is 0 Å². The Kier molecular flexibility index (Phi) is 4.91. The van der Waals surface area contributed by atoms with Crippen LogP contribution in [0.2, 0.25) is 0 Å². The number of carbonyl (C=O) groups excluding carboxylic acids is 2. The van der Waals surface area contributed by atoms with Crippen molar-refractivity contribution < 1.29 is 14.3 Å². The van der Waals surface area contributed by atoms with Crippen LogP contribution in [-0.2, 0) is 14.3 Å². The van der Waals surface area contributed by atoms with E-state index in [9.17, 15) is 9.59 Å². The highest BCUT2D eigenvalue weighted by atomic mass is 16.5. The summed E-state index contributed by atoms with van der Waals surface area (Å²) >= 11 is 0. The average molecular weight is 239 g/mol. The molecule has 1 heterocycles. The second-order valence-electron chi connectivity index (χ2n) is 4.23. The zero-order valence-corrected chi connectivity index (χ0v) is 9.81. The number of carbonyl (C=O) groups is 2. The quantitative estimate of drug-likeness (QED) is 0.686. The van der Waals surface area contributed by atoms with Crippen molar-refractivity contribution in [1.82, 2.24) is 5.32 Å². The molecular weight excluding hydrogens is 222 g/mol. The molecule has 1 aliphatic heterocycles. The Morgan fingerprint density at radius 1 is 1.65 bits per heavy atom. The first kappa shape index (κ1) is 13.5. The molecule has 94 valence electrons. The van der Waals surface area contributed by atoms with Crippen LogP contribution in [0, 0.1) is 17.2 Å². The smallest absolute Gasteiger partial charge is 0.249 e. The Morgan fingerprint density at radius 3 is 2.82 bits per heavy atom. The van der Waals surface area contributed by atoms with Gasteiger partial charge in [0, 0.05) is 12.5 Å². The van der Waals surface area contributed by atoms with Crippen molar-refractivity contribution in [2.45, 2.75) is 38.3 Å². The van der Waals surface area contributed by atoms with Gasteiger partial charge in [-0.3, -0.25) is 9.59 Å². The van der Waals surface area contributed by atoms with E-state index in [0.717, 1.165) is 6.42 Å². The molecule has 0 aromatic carbocycles. The normalized spacial score (nSPS) is 22.5. The van der Waals surface area contributed by atoms with Gasteiger partial charge in [0.05, 0.1) is 6.07 Å². The first-order valence-electron chi connectivity index (χ1n) is 5.65. The number of hydrogen-bond donors (Lipinski definition) is 2. The van der Waals surface area contributed by atoms with Gasteiger partial charge in [0.1, 0.15) is 12.1 Å². The fourth-order valence-corrected chi connectivity index (χ4v) is 1.70. The lowest BCUT2D eigenvalue weighted by Gasteiger charge is -2.18. The third kappa shape index (κ3) is 4.04. The lowest BCUT2D eigenvalue weighted by atomic mass is 10.0. The lowest BCUT2D eigenvalue weighted by Crippen LogP contribution is -2.48. The van der Waals surface area contributed by atoms with E-state index in [1.54, 1.807) is 6.92 Å². The van der Waals surface area contributed by atoms with E-state index in [0.29, 0.717) is 13.0 Å². The zero-order valence-electron chi connectivity index (χ0n) is 9.81. The molecular formula is C11H17N3O3. The number of hydrogen-bond acceptors (Lipinski definition) is 4. The van der Waals surface area contributed by atoms with E-state index < -0.39 is 18.1 Å².